The lowest BCUT2D eigenvalue weighted by atomic mass is 10.3. The second kappa shape index (κ2) is 10.2. The molecule has 0 radical (unpaired) electrons. The topological polar surface area (TPSA) is 87.8 Å². The Morgan fingerprint density at radius 1 is 1.30 bits per heavy atom. The lowest BCUT2D eigenvalue weighted by molar-refractivity contribution is 0.0377. The van der Waals surface area contributed by atoms with E-state index in [0.717, 1.165) is 64.9 Å². The highest BCUT2D eigenvalue weighted by Crippen LogP contribution is 1.98. The van der Waals surface area contributed by atoms with E-state index in [0.29, 0.717) is 18.1 Å². The molecule has 1 aliphatic heterocycles. The van der Waals surface area contributed by atoms with Gasteiger partial charge in [-0.25, -0.2) is 0 Å². The van der Waals surface area contributed by atoms with E-state index in [1.807, 2.05) is 6.92 Å². The van der Waals surface area contributed by atoms with Crippen LogP contribution < -0.4 is 10.6 Å². The Hall–Kier alpha value is -1.67. The summed E-state index contributed by atoms with van der Waals surface area (Å²) < 4.78 is 10.4. The van der Waals surface area contributed by atoms with Crippen LogP contribution in [0.5, 0.6) is 0 Å². The molecule has 0 unspecified atom stereocenters. The summed E-state index contributed by atoms with van der Waals surface area (Å²) in [6.45, 7) is 11.1. The maximum atomic E-state index is 5.35. The molecule has 0 atom stereocenters. The number of nitrogens with zero attached hydrogens (tertiary/aromatic N) is 4. The van der Waals surface area contributed by atoms with Crippen molar-refractivity contribution in [3.63, 3.8) is 0 Å². The van der Waals surface area contributed by atoms with E-state index in [1.54, 1.807) is 0 Å². The number of ether oxygens (including phenoxy) is 1. The summed E-state index contributed by atoms with van der Waals surface area (Å²) >= 11 is 0. The van der Waals surface area contributed by atoms with Crippen molar-refractivity contribution < 1.29 is 9.26 Å². The summed E-state index contributed by atoms with van der Waals surface area (Å²) in [4.78, 5) is 11.2. The molecular weight excluding hydrogens is 296 g/mol. The van der Waals surface area contributed by atoms with Crippen LogP contribution in [-0.4, -0.2) is 73.5 Å². The molecule has 23 heavy (non-hydrogen) atoms. The molecule has 0 saturated carbocycles. The number of guanidine groups is 1. The fourth-order valence-electron chi connectivity index (χ4n) is 2.38. The lowest BCUT2D eigenvalue weighted by Gasteiger charge is -2.26. The number of aromatic nitrogens is 2. The Balaban J connectivity index is 1.64. The summed E-state index contributed by atoms with van der Waals surface area (Å²) in [7, 11) is 0. The molecule has 0 amide bonds. The monoisotopic (exact) mass is 324 g/mol. The molecular formula is C15H28N6O2. The first-order valence-corrected chi connectivity index (χ1v) is 8.39. The Kier molecular flexibility index (Phi) is 7.82. The van der Waals surface area contributed by atoms with Crippen molar-refractivity contribution in [1.29, 1.82) is 0 Å². The molecule has 1 aromatic rings. The summed E-state index contributed by atoms with van der Waals surface area (Å²) in [5, 5.41) is 10.3. The SMILES string of the molecule is CCNC(=NCCCN1CCOCC1)NCCc1nc(C)no1. The highest BCUT2D eigenvalue weighted by molar-refractivity contribution is 5.79. The van der Waals surface area contributed by atoms with Crippen molar-refractivity contribution in [1.82, 2.24) is 25.7 Å². The Morgan fingerprint density at radius 2 is 2.13 bits per heavy atom. The standard InChI is InChI=1S/C15H28N6O2/c1-3-16-15(18-7-5-14-19-13(2)20-23-14)17-6-4-8-21-9-11-22-12-10-21/h3-12H2,1-2H3,(H2,16,17,18). The minimum Gasteiger partial charge on any atom is -0.379 e. The maximum absolute atomic E-state index is 5.35. The highest BCUT2D eigenvalue weighted by atomic mass is 16.5. The van der Waals surface area contributed by atoms with Gasteiger partial charge in [0.1, 0.15) is 0 Å². The van der Waals surface area contributed by atoms with Gasteiger partial charge in [-0.15, -0.1) is 0 Å². The smallest absolute Gasteiger partial charge is 0.228 e. The van der Waals surface area contributed by atoms with E-state index in [-0.39, 0.29) is 0 Å². The lowest BCUT2D eigenvalue weighted by Crippen LogP contribution is -2.39. The van der Waals surface area contributed by atoms with E-state index in [4.69, 9.17) is 9.26 Å². The molecule has 1 saturated heterocycles. The summed E-state index contributed by atoms with van der Waals surface area (Å²) in [5.41, 5.74) is 0. The van der Waals surface area contributed by atoms with Crippen LogP contribution in [0.2, 0.25) is 0 Å². The summed E-state index contributed by atoms with van der Waals surface area (Å²) in [5.74, 6) is 2.16. The van der Waals surface area contributed by atoms with Crippen molar-refractivity contribution in [2.24, 2.45) is 4.99 Å². The van der Waals surface area contributed by atoms with Crippen molar-refractivity contribution in [3.05, 3.63) is 11.7 Å². The van der Waals surface area contributed by atoms with Gasteiger partial charge in [-0.3, -0.25) is 9.89 Å². The number of morpholine rings is 1. The molecule has 1 aromatic heterocycles. The van der Waals surface area contributed by atoms with Gasteiger partial charge < -0.3 is 19.9 Å². The van der Waals surface area contributed by atoms with E-state index in [9.17, 15) is 0 Å². The van der Waals surface area contributed by atoms with Crippen molar-refractivity contribution in [2.45, 2.75) is 26.7 Å². The number of hydrogen-bond acceptors (Lipinski definition) is 6. The van der Waals surface area contributed by atoms with Crippen LogP contribution in [0.4, 0.5) is 0 Å². The zero-order valence-corrected chi connectivity index (χ0v) is 14.2. The van der Waals surface area contributed by atoms with Gasteiger partial charge in [-0.1, -0.05) is 5.16 Å². The van der Waals surface area contributed by atoms with E-state index in [1.165, 1.54) is 0 Å². The zero-order valence-electron chi connectivity index (χ0n) is 14.2. The van der Waals surface area contributed by atoms with Gasteiger partial charge in [0.05, 0.1) is 13.2 Å². The molecule has 1 aliphatic rings. The van der Waals surface area contributed by atoms with Gasteiger partial charge >= 0.3 is 0 Å². The summed E-state index contributed by atoms with van der Waals surface area (Å²) in [6, 6.07) is 0. The van der Waals surface area contributed by atoms with Crippen LogP contribution in [0.25, 0.3) is 0 Å². The molecule has 2 rings (SSSR count). The molecule has 2 N–H and O–H groups in total. The first-order valence-electron chi connectivity index (χ1n) is 8.39. The summed E-state index contributed by atoms with van der Waals surface area (Å²) in [6.07, 6.45) is 1.75. The molecule has 0 aromatic carbocycles. The van der Waals surface area contributed by atoms with E-state index < -0.39 is 0 Å². The molecule has 2 heterocycles. The van der Waals surface area contributed by atoms with Crippen LogP contribution in [0, 0.1) is 6.92 Å². The fourth-order valence-corrected chi connectivity index (χ4v) is 2.38. The molecule has 0 spiro atoms. The van der Waals surface area contributed by atoms with E-state index >= 15 is 0 Å². The van der Waals surface area contributed by atoms with Gasteiger partial charge in [0.15, 0.2) is 11.8 Å². The Labute approximate surface area is 137 Å². The molecule has 0 bridgehead atoms. The van der Waals surface area contributed by atoms with Crippen molar-refractivity contribution in [2.75, 3.05) is 52.5 Å². The fraction of sp³-hybridized carbons (Fsp3) is 0.800. The van der Waals surface area contributed by atoms with Gasteiger partial charge in [-0.05, 0) is 20.3 Å². The van der Waals surface area contributed by atoms with Gasteiger partial charge in [0, 0.05) is 45.7 Å². The van der Waals surface area contributed by atoms with E-state index in [2.05, 4.69) is 37.6 Å². The Bertz CT molecular complexity index is 470. The minimum absolute atomic E-state index is 0.651. The first-order chi connectivity index (χ1) is 11.3. The number of hydrogen-bond donors (Lipinski definition) is 2. The van der Waals surface area contributed by atoms with Gasteiger partial charge in [0.2, 0.25) is 5.89 Å². The van der Waals surface area contributed by atoms with Crippen molar-refractivity contribution in [3.8, 4) is 0 Å². The third kappa shape index (κ3) is 6.96. The number of rotatable bonds is 8. The van der Waals surface area contributed by atoms with Crippen molar-refractivity contribution >= 4 is 5.96 Å². The third-order valence-corrected chi connectivity index (χ3v) is 3.55. The zero-order chi connectivity index (χ0) is 16.3. The molecule has 1 fully saturated rings. The number of aryl methyl sites for hydroxylation is 1. The Morgan fingerprint density at radius 3 is 2.83 bits per heavy atom. The highest BCUT2D eigenvalue weighted by Gasteiger charge is 2.09. The first kappa shape index (κ1) is 17.7. The minimum atomic E-state index is 0.651. The number of aliphatic imine (C=N–C) groups is 1. The molecule has 0 aliphatic carbocycles. The van der Waals surface area contributed by atoms with Crippen LogP contribution >= 0.6 is 0 Å². The average molecular weight is 324 g/mol. The molecule has 130 valence electrons. The third-order valence-electron chi connectivity index (χ3n) is 3.55. The van der Waals surface area contributed by atoms with Gasteiger partial charge in [0.25, 0.3) is 0 Å². The second-order valence-corrected chi connectivity index (χ2v) is 5.48. The predicted octanol–water partition coefficient (Wildman–Crippen LogP) is 0.198. The van der Waals surface area contributed by atoms with Crippen LogP contribution in [0.1, 0.15) is 25.1 Å². The molecule has 8 nitrogen and oxygen atoms in total. The quantitative estimate of drug-likeness (QED) is 0.401. The maximum Gasteiger partial charge on any atom is 0.228 e. The molecule has 8 heteroatoms. The second-order valence-electron chi connectivity index (χ2n) is 5.48. The van der Waals surface area contributed by atoms with Gasteiger partial charge in [-0.2, -0.15) is 4.98 Å². The average Bonchev–Trinajstić information content (AvgIpc) is 2.98. The normalized spacial score (nSPS) is 16.5. The van der Waals surface area contributed by atoms with Crippen LogP contribution in [-0.2, 0) is 11.2 Å². The largest absolute Gasteiger partial charge is 0.379 e. The van der Waals surface area contributed by atoms with Crippen LogP contribution in [0.3, 0.4) is 0 Å². The number of nitrogens with one attached hydrogen (secondary N) is 2. The van der Waals surface area contributed by atoms with Crippen LogP contribution in [0.15, 0.2) is 9.52 Å². The predicted molar refractivity (Wildman–Crippen MR) is 88.6 cm³/mol.